The zero-order valence-corrected chi connectivity index (χ0v) is 11.3. The molecule has 1 aliphatic rings. The molecule has 0 radical (unpaired) electrons. The molecule has 1 aromatic rings. The van der Waals surface area contributed by atoms with Crippen molar-refractivity contribution in [1.82, 2.24) is 0 Å². The van der Waals surface area contributed by atoms with E-state index in [4.69, 9.17) is 5.11 Å². The number of carboxylic acid groups (broad SMARTS) is 1. The van der Waals surface area contributed by atoms with Crippen LogP contribution in [0, 0.1) is 0 Å². The normalized spacial score (nSPS) is 15.7. The van der Waals surface area contributed by atoms with Crippen LogP contribution in [0.4, 0.5) is 0 Å². The zero-order chi connectivity index (χ0) is 13.8. The molecule has 2 rings (SSSR count). The van der Waals surface area contributed by atoms with Gasteiger partial charge in [0, 0.05) is 5.56 Å². The number of rotatable bonds is 4. The lowest BCUT2D eigenvalue weighted by Crippen LogP contribution is -2.08. The fourth-order valence-electron chi connectivity index (χ4n) is 1.75. The van der Waals surface area contributed by atoms with Gasteiger partial charge in [0.05, 0.1) is 10.8 Å². The topological polar surface area (TPSA) is 54.4 Å². The Morgan fingerprint density at radius 3 is 2.47 bits per heavy atom. The fourth-order valence-corrected chi connectivity index (χ4v) is 2.53. The summed E-state index contributed by atoms with van der Waals surface area (Å²) >= 11 is 1.42. The highest BCUT2D eigenvalue weighted by Crippen LogP contribution is 2.26. The van der Waals surface area contributed by atoms with E-state index in [9.17, 15) is 9.59 Å². The number of carbonyl (C=O) groups is 2. The summed E-state index contributed by atoms with van der Waals surface area (Å²) in [5.41, 5.74) is 1.30. The molecular weight excluding hydrogens is 260 g/mol. The summed E-state index contributed by atoms with van der Waals surface area (Å²) in [6.45, 7) is 1.63. The Bertz CT molecular complexity index is 555. The highest BCUT2D eigenvalue weighted by Gasteiger charge is 2.16. The lowest BCUT2D eigenvalue weighted by molar-refractivity contribution is -0.138. The van der Waals surface area contributed by atoms with E-state index in [1.165, 1.54) is 11.8 Å². The van der Waals surface area contributed by atoms with Gasteiger partial charge in [0.1, 0.15) is 0 Å². The number of allylic oxidation sites excluding steroid dienone is 3. The lowest BCUT2D eigenvalue weighted by Gasteiger charge is -2.09. The van der Waals surface area contributed by atoms with Crippen molar-refractivity contribution < 1.29 is 14.7 Å². The van der Waals surface area contributed by atoms with Gasteiger partial charge >= 0.3 is 5.97 Å². The molecule has 0 spiro atoms. The van der Waals surface area contributed by atoms with Crippen molar-refractivity contribution in [1.29, 1.82) is 0 Å². The Morgan fingerprint density at radius 1 is 1.26 bits per heavy atom. The van der Waals surface area contributed by atoms with Crippen LogP contribution in [0.2, 0.25) is 0 Å². The van der Waals surface area contributed by atoms with Crippen molar-refractivity contribution in [3.05, 3.63) is 57.9 Å². The van der Waals surface area contributed by atoms with Gasteiger partial charge in [-0.3, -0.25) is 9.59 Å². The molecule has 19 heavy (non-hydrogen) atoms. The van der Waals surface area contributed by atoms with Crippen LogP contribution >= 0.6 is 11.8 Å². The van der Waals surface area contributed by atoms with Gasteiger partial charge in [-0.05, 0) is 24.3 Å². The first-order valence-electron chi connectivity index (χ1n) is 5.99. The number of aliphatic carboxylic acids is 1. The van der Waals surface area contributed by atoms with Crippen molar-refractivity contribution in [3.8, 4) is 0 Å². The zero-order valence-electron chi connectivity index (χ0n) is 10.5. The van der Waals surface area contributed by atoms with Crippen LogP contribution in [0.1, 0.15) is 35.2 Å². The summed E-state index contributed by atoms with van der Waals surface area (Å²) in [5.74, 6) is -1.44. The Kier molecular flexibility index (Phi) is 4.22. The smallest absolute Gasteiger partial charge is 0.310 e. The summed E-state index contributed by atoms with van der Waals surface area (Å²) in [5, 5.41) is 10.8. The number of hydrogen-bond donors (Lipinski definition) is 1. The van der Waals surface area contributed by atoms with Gasteiger partial charge in [0.15, 0.2) is 5.78 Å². The Balaban J connectivity index is 2.16. The number of benzene rings is 1. The fraction of sp³-hybridized carbons (Fsp3) is 0.200. The van der Waals surface area contributed by atoms with E-state index in [0.717, 1.165) is 11.3 Å². The number of Topliss-reactive ketones (excluding diaryl/α,β-unsaturated/α-hetero) is 1. The first kappa shape index (κ1) is 13.6. The third kappa shape index (κ3) is 3.15. The SMILES string of the molecule is CC(C(=O)O)c1ccc(C(=O)C2=CCC=CS2)cc1. The van der Waals surface area contributed by atoms with Crippen LogP contribution in [-0.4, -0.2) is 16.9 Å². The van der Waals surface area contributed by atoms with E-state index in [1.807, 2.05) is 17.6 Å². The summed E-state index contributed by atoms with van der Waals surface area (Å²) in [7, 11) is 0. The number of hydrogen-bond acceptors (Lipinski definition) is 3. The first-order chi connectivity index (χ1) is 9.09. The molecule has 1 heterocycles. The third-order valence-corrected chi connectivity index (χ3v) is 3.93. The molecular formula is C15H14O3S. The molecule has 0 saturated heterocycles. The summed E-state index contributed by atoms with van der Waals surface area (Å²) in [6, 6.07) is 6.79. The molecule has 1 aromatic carbocycles. The minimum atomic E-state index is -0.866. The summed E-state index contributed by atoms with van der Waals surface area (Å²) in [4.78, 5) is 23.8. The number of carbonyl (C=O) groups excluding carboxylic acids is 1. The quantitative estimate of drug-likeness (QED) is 0.852. The molecule has 98 valence electrons. The number of thioether (sulfide) groups is 1. The Morgan fingerprint density at radius 2 is 1.95 bits per heavy atom. The van der Waals surface area contributed by atoms with Crippen LogP contribution in [0.3, 0.4) is 0 Å². The van der Waals surface area contributed by atoms with E-state index in [-0.39, 0.29) is 5.78 Å². The molecule has 1 unspecified atom stereocenters. The maximum Gasteiger partial charge on any atom is 0.310 e. The van der Waals surface area contributed by atoms with E-state index >= 15 is 0 Å². The second-order valence-electron chi connectivity index (χ2n) is 4.30. The average molecular weight is 274 g/mol. The standard InChI is InChI=1S/C15H14O3S/c1-10(15(17)18)11-5-7-12(8-6-11)14(16)13-4-2-3-9-19-13/h3-10H,2H2,1H3,(H,17,18). The molecule has 3 nitrogen and oxygen atoms in total. The van der Waals surface area contributed by atoms with Gasteiger partial charge in [-0.1, -0.05) is 48.2 Å². The highest BCUT2D eigenvalue weighted by molar-refractivity contribution is 8.06. The molecule has 0 aliphatic carbocycles. The Hall–Kier alpha value is -1.81. The van der Waals surface area contributed by atoms with E-state index < -0.39 is 11.9 Å². The maximum absolute atomic E-state index is 12.2. The third-order valence-electron chi connectivity index (χ3n) is 3.00. The number of ketones is 1. The number of carboxylic acids is 1. The second kappa shape index (κ2) is 5.89. The van der Waals surface area contributed by atoms with Crippen molar-refractivity contribution in [2.75, 3.05) is 0 Å². The van der Waals surface area contributed by atoms with Gasteiger partial charge in [-0.2, -0.15) is 0 Å². The second-order valence-corrected chi connectivity index (χ2v) is 5.25. The van der Waals surface area contributed by atoms with Gasteiger partial charge in [0.2, 0.25) is 0 Å². The molecule has 0 amide bonds. The summed E-state index contributed by atoms with van der Waals surface area (Å²) < 4.78 is 0. The lowest BCUT2D eigenvalue weighted by atomic mass is 9.99. The van der Waals surface area contributed by atoms with Gasteiger partial charge in [-0.15, -0.1) is 0 Å². The molecule has 0 bridgehead atoms. The van der Waals surface area contributed by atoms with Crippen LogP contribution in [-0.2, 0) is 4.79 Å². The van der Waals surface area contributed by atoms with Crippen LogP contribution < -0.4 is 0 Å². The van der Waals surface area contributed by atoms with Crippen molar-refractivity contribution in [3.63, 3.8) is 0 Å². The van der Waals surface area contributed by atoms with Crippen molar-refractivity contribution in [2.45, 2.75) is 19.3 Å². The van der Waals surface area contributed by atoms with Crippen LogP contribution in [0.5, 0.6) is 0 Å². The summed E-state index contributed by atoms with van der Waals surface area (Å²) in [6.07, 6.45) is 4.68. The minimum absolute atomic E-state index is 0.0103. The molecule has 0 fully saturated rings. The Labute approximate surface area is 116 Å². The molecule has 1 atom stereocenters. The van der Waals surface area contributed by atoms with Crippen LogP contribution in [0.25, 0.3) is 0 Å². The van der Waals surface area contributed by atoms with Crippen molar-refractivity contribution >= 4 is 23.5 Å². The predicted molar refractivity (Wildman–Crippen MR) is 76.3 cm³/mol. The van der Waals surface area contributed by atoms with Gasteiger partial charge in [-0.25, -0.2) is 0 Å². The van der Waals surface area contributed by atoms with E-state index in [2.05, 4.69) is 0 Å². The largest absolute Gasteiger partial charge is 0.481 e. The van der Waals surface area contributed by atoms with Crippen LogP contribution in [0.15, 0.2) is 46.7 Å². The van der Waals surface area contributed by atoms with E-state index in [0.29, 0.717) is 11.1 Å². The molecule has 0 aromatic heterocycles. The minimum Gasteiger partial charge on any atom is -0.481 e. The molecule has 1 N–H and O–H groups in total. The first-order valence-corrected chi connectivity index (χ1v) is 6.87. The van der Waals surface area contributed by atoms with Gasteiger partial charge in [0.25, 0.3) is 0 Å². The highest BCUT2D eigenvalue weighted by atomic mass is 32.2. The van der Waals surface area contributed by atoms with Gasteiger partial charge < -0.3 is 5.11 Å². The average Bonchev–Trinajstić information content (AvgIpc) is 2.46. The van der Waals surface area contributed by atoms with E-state index in [1.54, 1.807) is 31.2 Å². The molecule has 4 heteroatoms. The molecule has 1 aliphatic heterocycles. The van der Waals surface area contributed by atoms with Crippen molar-refractivity contribution in [2.24, 2.45) is 0 Å². The molecule has 0 saturated carbocycles. The maximum atomic E-state index is 12.2. The monoisotopic (exact) mass is 274 g/mol. The predicted octanol–water partition coefficient (Wildman–Crippen LogP) is 3.59.